The summed E-state index contributed by atoms with van der Waals surface area (Å²) in [5.41, 5.74) is 1.27. The number of aliphatic hydroxyl groups excluding tert-OH is 1. The van der Waals surface area contributed by atoms with Crippen molar-refractivity contribution in [3.8, 4) is 0 Å². The molecule has 1 aliphatic rings. The molecule has 1 aliphatic heterocycles. The van der Waals surface area contributed by atoms with E-state index in [2.05, 4.69) is 17.4 Å². The fourth-order valence-corrected chi connectivity index (χ4v) is 2.79. The highest BCUT2D eigenvalue weighted by Crippen LogP contribution is 2.18. The van der Waals surface area contributed by atoms with Crippen LogP contribution in [-0.4, -0.2) is 28.8 Å². The Morgan fingerprint density at radius 3 is 2.71 bits per heavy atom. The molecule has 1 fully saturated rings. The van der Waals surface area contributed by atoms with Gasteiger partial charge >= 0.3 is 0 Å². The van der Waals surface area contributed by atoms with Gasteiger partial charge in [0.2, 0.25) is 0 Å². The third kappa shape index (κ3) is 2.50. The highest BCUT2D eigenvalue weighted by Gasteiger charge is 2.24. The second-order valence-corrected chi connectivity index (χ2v) is 4.65. The van der Waals surface area contributed by atoms with Gasteiger partial charge < -0.3 is 10.4 Å². The lowest BCUT2D eigenvalue weighted by molar-refractivity contribution is 0.165. The van der Waals surface area contributed by atoms with Crippen molar-refractivity contribution in [3.63, 3.8) is 0 Å². The van der Waals surface area contributed by atoms with Gasteiger partial charge in [0.05, 0.1) is 6.10 Å². The number of benzene rings is 1. The summed E-state index contributed by atoms with van der Waals surface area (Å²) in [5.74, 6) is 1.89. The lowest BCUT2D eigenvalue weighted by Crippen LogP contribution is -2.38. The van der Waals surface area contributed by atoms with E-state index in [0.717, 1.165) is 18.1 Å². The van der Waals surface area contributed by atoms with Crippen molar-refractivity contribution in [1.82, 2.24) is 5.32 Å². The molecule has 0 aromatic heterocycles. The first-order valence-electron chi connectivity index (χ1n) is 4.89. The minimum Gasteiger partial charge on any atom is -0.391 e. The standard InChI is InChI=1S/C11H15NOS/c13-11-8-14-7-10(11)12-6-9-4-2-1-3-5-9/h1-5,10-13H,6-8H2/t10-,11-/m1/s1. The van der Waals surface area contributed by atoms with E-state index in [4.69, 9.17) is 0 Å². The number of nitrogens with one attached hydrogen (secondary N) is 1. The Labute approximate surface area is 88.7 Å². The molecule has 0 saturated carbocycles. The highest BCUT2D eigenvalue weighted by molar-refractivity contribution is 7.99. The Morgan fingerprint density at radius 2 is 2.07 bits per heavy atom. The SMILES string of the molecule is O[C@@H]1CSC[C@H]1NCc1ccccc1. The lowest BCUT2D eigenvalue weighted by atomic mass is 10.2. The summed E-state index contributed by atoms with van der Waals surface area (Å²) in [7, 11) is 0. The van der Waals surface area contributed by atoms with Crippen LogP contribution in [0, 0.1) is 0 Å². The molecule has 14 heavy (non-hydrogen) atoms. The molecule has 1 heterocycles. The van der Waals surface area contributed by atoms with Gasteiger partial charge in [0.15, 0.2) is 0 Å². The molecule has 0 radical (unpaired) electrons. The van der Waals surface area contributed by atoms with Gasteiger partial charge in [0, 0.05) is 24.1 Å². The first-order chi connectivity index (χ1) is 6.86. The molecule has 0 aliphatic carbocycles. The minimum absolute atomic E-state index is 0.177. The van der Waals surface area contributed by atoms with Gasteiger partial charge in [-0.05, 0) is 5.56 Å². The number of thioether (sulfide) groups is 1. The third-order valence-corrected chi connectivity index (χ3v) is 3.63. The Morgan fingerprint density at radius 1 is 1.29 bits per heavy atom. The van der Waals surface area contributed by atoms with Crippen LogP contribution in [0.5, 0.6) is 0 Å². The molecule has 2 nitrogen and oxygen atoms in total. The molecule has 2 atom stereocenters. The second kappa shape index (κ2) is 4.82. The number of hydrogen-bond donors (Lipinski definition) is 2. The van der Waals surface area contributed by atoms with E-state index in [9.17, 15) is 5.11 Å². The van der Waals surface area contributed by atoms with E-state index >= 15 is 0 Å². The van der Waals surface area contributed by atoms with Gasteiger partial charge in [0.1, 0.15) is 0 Å². The van der Waals surface area contributed by atoms with Crippen molar-refractivity contribution in [2.24, 2.45) is 0 Å². The van der Waals surface area contributed by atoms with Gasteiger partial charge in [0.25, 0.3) is 0 Å². The molecule has 0 amide bonds. The van der Waals surface area contributed by atoms with Crippen molar-refractivity contribution in [2.75, 3.05) is 11.5 Å². The monoisotopic (exact) mass is 209 g/mol. The number of rotatable bonds is 3. The van der Waals surface area contributed by atoms with Crippen LogP contribution in [0.2, 0.25) is 0 Å². The Hall–Kier alpha value is -0.510. The second-order valence-electron chi connectivity index (χ2n) is 3.58. The summed E-state index contributed by atoms with van der Waals surface area (Å²) in [6.07, 6.45) is -0.177. The van der Waals surface area contributed by atoms with E-state index in [1.807, 2.05) is 30.0 Å². The molecule has 0 bridgehead atoms. The van der Waals surface area contributed by atoms with Crippen LogP contribution in [0.1, 0.15) is 5.56 Å². The first-order valence-corrected chi connectivity index (χ1v) is 6.05. The molecular weight excluding hydrogens is 194 g/mol. The zero-order chi connectivity index (χ0) is 9.80. The Balaban J connectivity index is 1.82. The zero-order valence-electron chi connectivity index (χ0n) is 8.02. The molecule has 0 spiro atoms. The molecule has 1 aromatic rings. The van der Waals surface area contributed by atoms with Gasteiger partial charge in [-0.25, -0.2) is 0 Å². The van der Waals surface area contributed by atoms with Crippen LogP contribution in [0.3, 0.4) is 0 Å². The summed E-state index contributed by atoms with van der Waals surface area (Å²) >= 11 is 1.81. The lowest BCUT2D eigenvalue weighted by Gasteiger charge is -2.15. The zero-order valence-corrected chi connectivity index (χ0v) is 8.83. The normalized spacial score (nSPS) is 26.6. The quantitative estimate of drug-likeness (QED) is 0.786. The first kappa shape index (κ1) is 10.0. The molecule has 76 valence electrons. The van der Waals surface area contributed by atoms with Crippen molar-refractivity contribution < 1.29 is 5.11 Å². The van der Waals surface area contributed by atoms with Crippen molar-refractivity contribution in [1.29, 1.82) is 0 Å². The fraction of sp³-hybridized carbons (Fsp3) is 0.455. The number of hydrogen-bond acceptors (Lipinski definition) is 3. The molecule has 3 heteroatoms. The fourth-order valence-electron chi connectivity index (χ4n) is 1.58. The van der Waals surface area contributed by atoms with E-state index in [1.165, 1.54) is 5.56 Å². The van der Waals surface area contributed by atoms with Crippen molar-refractivity contribution in [3.05, 3.63) is 35.9 Å². The maximum absolute atomic E-state index is 9.58. The molecule has 1 aromatic carbocycles. The molecule has 2 rings (SSSR count). The van der Waals surface area contributed by atoms with Crippen LogP contribution in [0.25, 0.3) is 0 Å². The smallest absolute Gasteiger partial charge is 0.0791 e. The van der Waals surface area contributed by atoms with Gasteiger partial charge in [-0.3, -0.25) is 0 Å². The summed E-state index contributed by atoms with van der Waals surface area (Å²) in [4.78, 5) is 0. The van der Waals surface area contributed by atoms with Gasteiger partial charge in [-0.2, -0.15) is 11.8 Å². The minimum atomic E-state index is -0.177. The molecular formula is C11H15NOS. The van der Waals surface area contributed by atoms with E-state index < -0.39 is 0 Å². The third-order valence-electron chi connectivity index (χ3n) is 2.46. The summed E-state index contributed by atoms with van der Waals surface area (Å²) in [6.45, 7) is 0.850. The van der Waals surface area contributed by atoms with Crippen LogP contribution < -0.4 is 5.32 Å². The topological polar surface area (TPSA) is 32.3 Å². The van der Waals surface area contributed by atoms with Crippen molar-refractivity contribution in [2.45, 2.75) is 18.7 Å². The van der Waals surface area contributed by atoms with Crippen molar-refractivity contribution >= 4 is 11.8 Å². The van der Waals surface area contributed by atoms with Gasteiger partial charge in [-0.1, -0.05) is 30.3 Å². The number of aliphatic hydroxyl groups is 1. The predicted octanol–water partition coefficient (Wildman–Crippen LogP) is 1.25. The maximum Gasteiger partial charge on any atom is 0.0791 e. The summed E-state index contributed by atoms with van der Waals surface area (Å²) in [6, 6.07) is 10.6. The Kier molecular flexibility index (Phi) is 3.45. The van der Waals surface area contributed by atoms with E-state index in [0.29, 0.717) is 0 Å². The van der Waals surface area contributed by atoms with E-state index in [1.54, 1.807) is 0 Å². The summed E-state index contributed by atoms with van der Waals surface area (Å²) < 4.78 is 0. The average molecular weight is 209 g/mol. The predicted molar refractivity (Wildman–Crippen MR) is 60.4 cm³/mol. The molecule has 0 unspecified atom stereocenters. The molecule has 1 saturated heterocycles. The van der Waals surface area contributed by atoms with Crippen LogP contribution in [0.4, 0.5) is 0 Å². The highest BCUT2D eigenvalue weighted by atomic mass is 32.2. The Bertz CT molecular complexity index is 278. The largest absolute Gasteiger partial charge is 0.391 e. The van der Waals surface area contributed by atoms with Crippen LogP contribution in [-0.2, 0) is 6.54 Å². The summed E-state index contributed by atoms with van der Waals surface area (Å²) in [5, 5.41) is 13.0. The van der Waals surface area contributed by atoms with Gasteiger partial charge in [-0.15, -0.1) is 0 Å². The molecule has 2 N–H and O–H groups in total. The van der Waals surface area contributed by atoms with Crippen LogP contribution >= 0.6 is 11.8 Å². The van der Waals surface area contributed by atoms with Crippen LogP contribution in [0.15, 0.2) is 30.3 Å². The average Bonchev–Trinajstić information content (AvgIpc) is 2.63. The maximum atomic E-state index is 9.58. The van der Waals surface area contributed by atoms with E-state index in [-0.39, 0.29) is 12.1 Å².